The molecule has 0 aliphatic carbocycles. The number of carbonyl (C=O) groups is 2. The number of nitrogens with one attached hydrogen (secondary N) is 2. The first-order chi connectivity index (χ1) is 13.6. The molecular weight excluding hydrogens is 354 g/mol. The Hall–Kier alpha value is -2.80. The fraction of sp³-hybridized carbons (Fsp3) is 0.429. The third kappa shape index (κ3) is 4.04. The number of nitrogens with zero attached hydrogens (tertiary/aromatic N) is 3. The molecule has 28 heavy (non-hydrogen) atoms. The van der Waals surface area contributed by atoms with Crippen molar-refractivity contribution in [1.29, 1.82) is 0 Å². The van der Waals surface area contributed by atoms with Gasteiger partial charge in [-0.05, 0) is 37.1 Å². The van der Waals surface area contributed by atoms with E-state index in [0.717, 1.165) is 23.4 Å². The Morgan fingerprint density at radius 3 is 2.86 bits per heavy atom. The van der Waals surface area contributed by atoms with E-state index in [1.165, 1.54) is 0 Å². The molecule has 2 aromatic rings. The topological polar surface area (TPSA) is 87.2 Å². The van der Waals surface area contributed by atoms with Gasteiger partial charge in [0.2, 0.25) is 11.8 Å². The van der Waals surface area contributed by atoms with Crippen LogP contribution in [0.15, 0.2) is 36.7 Å². The van der Waals surface area contributed by atoms with Crippen molar-refractivity contribution in [3.8, 4) is 0 Å². The van der Waals surface area contributed by atoms with Crippen LogP contribution >= 0.6 is 0 Å². The summed E-state index contributed by atoms with van der Waals surface area (Å²) >= 11 is 0. The summed E-state index contributed by atoms with van der Waals surface area (Å²) in [7, 11) is 0. The smallest absolute Gasteiger partial charge is 0.228 e. The number of anilines is 1. The Bertz CT molecular complexity index is 867. The predicted molar refractivity (Wildman–Crippen MR) is 105 cm³/mol. The highest BCUT2D eigenvalue weighted by Crippen LogP contribution is 2.24. The molecule has 2 aromatic heterocycles. The summed E-state index contributed by atoms with van der Waals surface area (Å²) < 4.78 is 0. The molecule has 2 amide bonds. The molecule has 0 unspecified atom stereocenters. The maximum atomic E-state index is 13.1. The minimum absolute atomic E-state index is 0.0659. The van der Waals surface area contributed by atoms with Gasteiger partial charge in [-0.1, -0.05) is 6.07 Å². The van der Waals surface area contributed by atoms with Gasteiger partial charge in [0.15, 0.2) is 0 Å². The van der Waals surface area contributed by atoms with E-state index in [1.54, 1.807) is 12.4 Å². The van der Waals surface area contributed by atoms with Crippen LogP contribution in [0.3, 0.4) is 0 Å². The average molecular weight is 379 g/mol. The van der Waals surface area contributed by atoms with E-state index in [9.17, 15) is 9.59 Å². The Labute approximate surface area is 164 Å². The molecule has 0 radical (unpaired) electrons. The van der Waals surface area contributed by atoms with Crippen LogP contribution in [0.25, 0.3) is 0 Å². The normalized spacial score (nSPS) is 21.7. The van der Waals surface area contributed by atoms with Gasteiger partial charge in [0.25, 0.3) is 0 Å². The van der Waals surface area contributed by atoms with Crippen molar-refractivity contribution < 1.29 is 9.59 Å². The number of aryl methyl sites for hydroxylation is 1. The summed E-state index contributed by atoms with van der Waals surface area (Å²) in [5.74, 6) is -0.359. The number of rotatable bonds is 3. The van der Waals surface area contributed by atoms with Crippen molar-refractivity contribution in [2.45, 2.75) is 26.3 Å². The summed E-state index contributed by atoms with van der Waals surface area (Å²) in [5, 5.41) is 6.18. The van der Waals surface area contributed by atoms with E-state index in [-0.39, 0.29) is 23.7 Å². The van der Waals surface area contributed by atoms with Crippen molar-refractivity contribution in [2.24, 2.45) is 11.8 Å². The maximum Gasteiger partial charge on any atom is 0.228 e. The number of pyridine rings is 2. The number of hydrogen-bond acceptors (Lipinski definition) is 5. The van der Waals surface area contributed by atoms with Crippen LogP contribution in [-0.2, 0) is 22.6 Å². The highest BCUT2D eigenvalue weighted by molar-refractivity contribution is 5.93. The standard InChI is InChI=1S/C21H25N5O2/c1-14-4-5-18(12-24-14)25-20(27)16-9-17(11-22-10-16)21(28)26-8-6-19-15(13-26)3-2-7-23-19/h2-5,7,12,16-17,22H,6,8-11,13H2,1H3,(H,25,27)/t16-,17+/m0/s1. The number of aromatic nitrogens is 2. The van der Waals surface area contributed by atoms with Gasteiger partial charge in [-0.15, -0.1) is 0 Å². The lowest BCUT2D eigenvalue weighted by molar-refractivity contribution is -0.138. The molecule has 0 spiro atoms. The van der Waals surface area contributed by atoms with Crippen molar-refractivity contribution in [3.63, 3.8) is 0 Å². The van der Waals surface area contributed by atoms with E-state index in [2.05, 4.69) is 20.6 Å². The van der Waals surface area contributed by atoms with E-state index < -0.39 is 0 Å². The first-order valence-electron chi connectivity index (χ1n) is 9.76. The molecule has 2 aliphatic rings. The summed E-state index contributed by atoms with van der Waals surface area (Å²) in [5.41, 5.74) is 3.79. The van der Waals surface area contributed by atoms with Gasteiger partial charge in [0.05, 0.1) is 23.7 Å². The first kappa shape index (κ1) is 18.6. The molecule has 146 valence electrons. The van der Waals surface area contributed by atoms with Crippen LogP contribution in [0.2, 0.25) is 0 Å². The second kappa shape index (κ2) is 8.06. The molecule has 2 N–H and O–H groups in total. The van der Waals surface area contributed by atoms with Gasteiger partial charge >= 0.3 is 0 Å². The van der Waals surface area contributed by atoms with E-state index in [1.807, 2.05) is 36.1 Å². The summed E-state index contributed by atoms with van der Waals surface area (Å²) in [6, 6.07) is 7.66. The molecule has 7 heteroatoms. The SMILES string of the molecule is Cc1ccc(NC(=O)[C@@H]2CNC[C@H](C(=O)N3CCc4ncccc4C3)C2)cn1. The number of amides is 2. The van der Waals surface area contributed by atoms with E-state index in [4.69, 9.17) is 0 Å². The fourth-order valence-corrected chi connectivity index (χ4v) is 3.93. The Morgan fingerprint density at radius 1 is 1.18 bits per heavy atom. The number of carbonyl (C=O) groups excluding carboxylic acids is 2. The molecule has 4 rings (SSSR count). The molecule has 2 aliphatic heterocycles. The van der Waals surface area contributed by atoms with Crippen molar-refractivity contribution in [3.05, 3.63) is 53.6 Å². The lowest BCUT2D eigenvalue weighted by Gasteiger charge is -2.34. The van der Waals surface area contributed by atoms with Crippen molar-refractivity contribution >= 4 is 17.5 Å². The average Bonchev–Trinajstić information content (AvgIpc) is 2.74. The Kier molecular flexibility index (Phi) is 5.34. The van der Waals surface area contributed by atoms with Gasteiger partial charge < -0.3 is 15.5 Å². The molecule has 1 saturated heterocycles. The van der Waals surface area contributed by atoms with Crippen molar-refractivity contribution in [2.75, 3.05) is 25.0 Å². The van der Waals surface area contributed by atoms with Crippen LogP contribution < -0.4 is 10.6 Å². The molecule has 0 saturated carbocycles. The second-order valence-corrected chi connectivity index (χ2v) is 7.58. The summed E-state index contributed by atoms with van der Waals surface area (Å²) in [4.78, 5) is 36.2. The fourth-order valence-electron chi connectivity index (χ4n) is 3.93. The first-order valence-corrected chi connectivity index (χ1v) is 9.76. The largest absolute Gasteiger partial charge is 0.338 e. The monoisotopic (exact) mass is 379 g/mol. The van der Waals surface area contributed by atoms with Gasteiger partial charge in [0.1, 0.15) is 0 Å². The third-order valence-electron chi connectivity index (χ3n) is 5.53. The number of fused-ring (bicyclic) bond motifs is 1. The van der Waals surface area contributed by atoms with Crippen molar-refractivity contribution in [1.82, 2.24) is 20.2 Å². The van der Waals surface area contributed by atoms with Gasteiger partial charge in [0, 0.05) is 50.2 Å². The quantitative estimate of drug-likeness (QED) is 0.845. The van der Waals surface area contributed by atoms with E-state index >= 15 is 0 Å². The highest BCUT2D eigenvalue weighted by Gasteiger charge is 2.34. The summed E-state index contributed by atoms with van der Waals surface area (Å²) in [6.07, 6.45) is 4.80. The molecule has 1 fully saturated rings. The van der Waals surface area contributed by atoms with E-state index in [0.29, 0.717) is 38.3 Å². The van der Waals surface area contributed by atoms with Gasteiger partial charge in [-0.3, -0.25) is 19.6 Å². The zero-order valence-corrected chi connectivity index (χ0v) is 16.0. The molecule has 7 nitrogen and oxygen atoms in total. The number of hydrogen-bond donors (Lipinski definition) is 2. The summed E-state index contributed by atoms with van der Waals surface area (Å²) in [6.45, 7) is 4.39. The lowest BCUT2D eigenvalue weighted by Crippen LogP contribution is -2.49. The minimum Gasteiger partial charge on any atom is -0.338 e. The Balaban J connectivity index is 1.37. The zero-order chi connectivity index (χ0) is 19.5. The predicted octanol–water partition coefficient (Wildman–Crippen LogP) is 1.53. The zero-order valence-electron chi connectivity index (χ0n) is 16.0. The molecular formula is C21H25N5O2. The van der Waals surface area contributed by atoms with Crippen LogP contribution in [-0.4, -0.2) is 46.3 Å². The van der Waals surface area contributed by atoms with Crippen LogP contribution in [0.1, 0.15) is 23.4 Å². The van der Waals surface area contributed by atoms with Gasteiger partial charge in [-0.2, -0.15) is 0 Å². The Morgan fingerprint density at radius 2 is 2.04 bits per heavy atom. The van der Waals surface area contributed by atoms with Crippen LogP contribution in [0.4, 0.5) is 5.69 Å². The van der Waals surface area contributed by atoms with Crippen LogP contribution in [0.5, 0.6) is 0 Å². The number of piperidine rings is 1. The second-order valence-electron chi connectivity index (χ2n) is 7.58. The highest BCUT2D eigenvalue weighted by atomic mass is 16.2. The molecule has 4 heterocycles. The molecule has 2 atom stereocenters. The maximum absolute atomic E-state index is 13.1. The molecule has 0 bridgehead atoms. The minimum atomic E-state index is -0.234. The van der Waals surface area contributed by atoms with Crippen LogP contribution in [0, 0.1) is 18.8 Å². The van der Waals surface area contributed by atoms with Gasteiger partial charge in [-0.25, -0.2) is 0 Å². The lowest BCUT2D eigenvalue weighted by atomic mass is 9.88. The molecule has 0 aromatic carbocycles. The third-order valence-corrected chi connectivity index (χ3v) is 5.53.